The van der Waals surface area contributed by atoms with E-state index in [-0.39, 0.29) is 24.2 Å². The Bertz CT molecular complexity index is 1040. The van der Waals surface area contributed by atoms with E-state index in [1.54, 1.807) is 11.0 Å². The predicted octanol–water partition coefficient (Wildman–Crippen LogP) is 4.16. The number of hydrogen-bond donors (Lipinski definition) is 2. The quantitative estimate of drug-likeness (QED) is 0.681. The molecule has 1 aliphatic rings. The molecule has 1 aromatic heterocycles. The van der Waals surface area contributed by atoms with Crippen LogP contribution >= 0.6 is 11.6 Å². The molecule has 0 spiro atoms. The number of rotatable bonds is 5. The van der Waals surface area contributed by atoms with Crippen molar-refractivity contribution in [3.8, 4) is 0 Å². The van der Waals surface area contributed by atoms with Crippen molar-refractivity contribution in [2.45, 2.75) is 19.8 Å². The van der Waals surface area contributed by atoms with E-state index < -0.39 is 0 Å². The number of aryl methyl sites for hydroxylation is 1. The van der Waals surface area contributed by atoms with Gasteiger partial charge in [-0.1, -0.05) is 35.9 Å². The Morgan fingerprint density at radius 2 is 2.11 bits per heavy atom. The molecule has 2 aromatic carbocycles. The molecule has 5 nitrogen and oxygen atoms in total. The lowest BCUT2D eigenvalue weighted by molar-refractivity contribution is -0.128. The topological polar surface area (TPSA) is 65.2 Å². The maximum atomic E-state index is 12.6. The molecule has 1 aliphatic heterocycles. The second kappa shape index (κ2) is 7.68. The van der Waals surface area contributed by atoms with E-state index in [0.717, 1.165) is 17.5 Å². The fourth-order valence-electron chi connectivity index (χ4n) is 3.67. The molecule has 0 saturated carbocycles. The Labute approximate surface area is 168 Å². The molecule has 1 unspecified atom stereocenters. The first-order valence-corrected chi connectivity index (χ1v) is 9.79. The van der Waals surface area contributed by atoms with Gasteiger partial charge in [-0.3, -0.25) is 9.59 Å². The average molecular weight is 396 g/mol. The van der Waals surface area contributed by atoms with E-state index >= 15 is 0 Å². The summed E-state index contributed by atoms with van der Waals surface area (Å²) in [6, 6.07) is 13.6. The first-order chi connectivity index (χ1) is 13.5. The van der Waals surface area contributed by atoms with Gasteiger partial charge in [-0.05, 0) is 42.7 Å². The van der Waals surface area contributed by atoms with E-state index in [9.17, 15) is 9.59 Å². The van der Waals surface area contributed by atoms with Gasteiger partial charge in [-0.15, -0.1) is 0 Å². The first kappa shape index (κ1) is 18.6. The molecule has 1 fully saturated rings. The molecule has 2 amide bonds. The number of para-hydroxylation sites is 1. The standard InChI is InChI=1S/C22H22ClN3O2/c1-14-6-7-17(11-19(14)23)25-22(28)16-10-21(27)26(13-16)9-8-15-12-24-20-5-3-2-4-18(15)20/h2-7,11-12,16,24H,8-10,13H2,1H3,(H,25,28). The van der Waals surface area contributed by atoms with E-state index in [1.807, 2.05) is 43.5 Å². The van der Waals surface area contributed by atoms with Gasteiger partial charge in [0.15, 0.2) is 0 Å². The number of carbonyl (C=O) groups is 2. The average Bonchev–Trinajstić information content (AvgIpc) is 3.26. The van der Waals surface area contributed by atoms with Crippen molar-refractivity contribution < 1.29 is 9.59 Å². The van der Waals surface area contributed by atoms with Crippen molar-refractivity contribution in [3.05, 3.63) is 64.8 Å². The summed E-state index contributed by atoms with van der Waals surface area (Å²) in [5, 5.41) is 4.67. The van der Waals surface area contributed by atoms with Gasteiger partial charge in [0.2, 0.25) is 11.8 Å². The fourth-order valence-corrected chi connectivity index (χ4v) is 3.85. The van der Waals surface area contributed by atoms with Crippen LogP contribution in [0, 0.1) is 12.8 Å². The largest absolute Gasteiger partial charge is 0.361 e. The highest BCUT2D eigenvalue weighted by Crippen LogP contribution is 2.24. The molecule has 3 aromatic rings. The van der Waals surface area contributed by atoms with Crippen molar-refractivity contribution in [1.82, 2.24) is 9.88 Å². The van der Waals surface area contributed by atoms with Crippen LogP contribution in [0.3, 0.4) is 0 Å². The summed E-state index contributed by atoms with van der Waals surface area (Å²) in [5.74, 6) is -0.444. The molecule has 0 radical (unpaired) electrons. The number of aromatic amines is 1. The van der Waals surface area contributed by atoms with Crippen LogP contribution in [0.5, 0.6) is 0 Å². The molecule has 2 N–H and O–H groups in total. The molecular weight excluding hydrogens is 374 g/mol. The van der Waals surface area contributed by atoms with Crippen LogP contribution in [0.1, 0.15) is 17.5 Å². The van der Waals surface area contributed by atoms with Gasteiger partial charge >= 0.3 is 0 Å². The lowest BCUT2D eigenvalue weighted by Crippen LogP contribution is -2.30. The number of nitrogens with zero attached hydrogens (tertiary/aromatic N) is 1. The molecule has 144 valence electrons. The van der Waals surface area contributed by atoms with Gasteiger partial charge in [-0.2, -0.15) is 0 Å². The van der Waals surface area contributed by atoms with E-state index in [1.165, 1.54) is 10.9 Å². The van der Waals surface area contributed by atoms with Crippen LogP contribution in [-0.2, 0) is 16.0 Å². The number of hydrogen-bond acceptors (Lipinski definition) is 2. The fraction of sp³-hybridized carbons (Fsp3) is 0.273. The van der Waals surface area contributed by atoms with Crippen LogP contribution in [-0.4, -0.2) is 34.8 Å². The molecule has 0 bridgehead atoms. The Balaban J connectivity index is 1.36. The highest BCUT2D eigenvalue weighted by atomic mass is 35.5. The summed E-state index contributed by atoms with van der Waals surface area (Å²) in [6.45, 7) is 2.97. The Morgan fingerprint density at radius 3 is 2.93 bits per heavy atom. The third kappa shape index (κ3) is 3.76. The van der Waals surface area contributed by atoms with Crippen molar-refractivity contribution in [3.63, 3.8) is 0 Å². The number of fused-ring (bicyclic) bond motifs is 1. The number of nitrogens with one attached hydrogen (secondary N) is 2. The van der Waals surface area contributed by atoms with Crippen LogP contribution in [0.25, 0.3) is 10.9 Å². The van der Waals surface area contributed by atoms with Crippen molar-refractivity contribution in [2.75, 3.05) is 18.4 Å². The van der Waals surface area contributed by atoms with Crippen LogP contribution in [0.4, 0.5) is 5.69 Å². The second-order valence-electron chi connectivity index (χ2n) is 7.30. The van der Waals surface area contributed by atoms with Gasteiger partial charge in [0.1, 0.15) is 0 Å². The van der Waals surface area contributed by atoms with Gasteiger partial charge < -0.3 is 15.2 Å². The summed E-state index contributed by atoms with van der Waals surface area (Å²) >= 11 is 6.12. The third-order valence-corrected chi connectivity index (χ3v) is 5.76. The van der Waals surface area contributed by atoms with Crippen LogP contribution < -0.4 is 5.32 Å². The highest BCUT2D eigenvalue weighted by Gasteiger charge is 2.34. The number of benzene rings is 2. The normalized spacial score (nSPS) is 16.7. The zero-order valence-electron chi connectivity index (χ0n) is 15.7. The number of aromatic nitrogens is 1. The maximum Gasteiger partial charge on any atom is 0.229 e. The minimum absolute atomic E-state index is 0.0296. The first-order valence-electron chi connectivity index (χ1n) is 9.41. The number of anilines is 1. The Hall–Kier alpha value is -2.79. The smallest absolute Gasteiger partial charge is 0.229 e. The zero-order valence-corrected chi connectivity index (χ0v) is 16.4. The lowest BCUT2D eigenvalue weighted by atomic mass is 10.1. The summed E-state index contributed by atoms with van der Waals surface area (Å²) < 4.78 is 0. The summed E-state index contributed by atoms with van der Waals surface area (Å²) in [4.78, 5) is 30.0. The van der Waals surface area contributed by atoms with Crippen LogP contribution in [0.2, 0.25) is 5.02 Å². The van der Waals surface area contributed by atoms with E-state index in [4.69, 9.17) is 11.6 Å². The molecule has 4 rings (SSSR count). The lowest BCUT2D eigenvalue weighted by Gasteiger charge is -2.16. The minimum Gasteiger partial charge on any atom is -0.361 e. The molecular formula is C22H22ClN3O2. The third-order valence-electron chi connectivity index (χ3n) is 5.35. The number of amides is 2. The van der Waals surface area contributed by atoms with Gasteiger partial charge in [0, 0.05) is 47.3 Å². The number of H-pyrrole nitrogens is 1. The summed E-state index contributed by atoms with van der Waals surface area (Å²) in [6.07, 6.45) is 3.01. The van der Waals surface area contributed by atoms with Crippen molar-refractivity contribution in [2.24, 2.45) is 5.92 Å². The minimum atomic E-state index is -0.337. The molecule has 28 heavy (non-hydrogen) atoms. The predicted molar refractivity (Wildman–Crippen MR) is 112 cm³/mol. The number of likely N-dealkylation sites (tertiary alicyclic amines) is 1. The monoisotopic (exact) mass is 395 g/mol. The number of halogens is 1. The highest BCUT2D eigenvalue weighted by molar-refractivity contribution is 6.31. The molecule has 0 aliphatic carbocycles. The maximum absolute atomic E-state index is 12.6. The SMILES string of the molecule is Cc1ccc(NC(=O)C2CC(=O)N(CCc3c[nH]c4ccccc34)C2)cc1Cl. The Kier molecular flexibility index (Phi) is 5.09. The van der Waals surface area contributed by atoms with E-state index in [0.29, 0.717) is 23.8 Å². The molecule has 1 saturated heterocycles. The van der Waals surface area contributed by atoms with Gasteiger partial charge in [0.05, 0.1) is 5.92 Å². The van der Waals surface area contributed by atoms with Crippen molar-refractivity contribution in [1.29, 1.82) is 0 Å². The van der Waals surface area contributed by atoms with Crippen LogP contribution in [0.15, 0.2) is 48.7 Å². The molecule has 1 atom stereocenters. The Morgan fingerprint density at radius 1 is 1.29 bits per heavy atom. The summed E-state index contributed by atoms with van der Waals surface area (Å²) in [5.41, 5.74) is 3.90. The van der Waals surface area contributed by atoms with Crippen molar-refractivity contribution >= 4 is 40.0 Å². The van der Waals surface area contributed by atoms with Gasteiger partial charge in [-0.25, -0.2) is 0 Å². The van der Waals surface area contributed by atoms with Gasteiger partial charge in [0.25, 0.3) is 0 Å². The summed E-state index contributed by atoms with van der Waals surface area (Å²) in [7, 11) is 0. The molecule has 6 heteroatoms. The number of carbonyl (C=O) groups excluding carboxylic acids is 2. The second-order valence-corrected chi connectivity index (χ2v) is 7.71. The van der Waals surface area contributed by atoms with E-state index in [2.05, 4.69) is 16.4 Å². The zero-order chi connectivity index (χ0) is 19.7. The molecule has 2 heterocycles.